The second-order valence-electron chi connectivity index (χ2n) is 5.92. The molecule has 0 fully saturated rings. The number of benzene rings is 1. The first kappa shape index (κ1) is 18.4. The van der Waals surface area contributed by atoms with Crippen LogP contribution < -0.4 is 11.1 Å². The number of rotatable bonds is 4. The van der Waals surface area contributed by atoms with E-state index in [0.29, 0.717) is 21.3 Å². The average Bonchev–Trinajstić information content (AvgIpc) is 2.43. The van der Waals surface area contributed by atoms with Crippen molar-refractivity contribution >= 4 is 28.1 Å². The van der Waals surface area contributed by atoms with Crippen molar-refractivity contribution < 1.29 is 9.18 Å². The van der Waals surface area contributed by atoms with Crippen molar-refractivity contribution in [3.8, 4) is 0 Å². The highest BCUT2D eigenvalue weighted by Crippen LogP contribution is 2.22. The highest BCUT2D eigenvalue weighted by Gasteiger charge is 2.13. The maximum atomic E-state index is 14.1. The zero-order valence-corrected chi connectivity index (χ0v) is 14.8. The number of nitrogens with two attached hydrogens (primary N) is 1. The lowest BCUT2D eigenvalue weighted by Crippen LogP contribution is -2.27. The Kier molecular flexibility index (Phi) is 6.29. The van der Waals surface area contributed by atoms with Crippen LogP contribution in [0, 0.1) is 12.7 Å². The van der Waals surface area contributed by atoms with E-state index in [2.05, 4.69) is 26.2 Å². The molecule has 1 aromatic rings. The normalized spacial score (nSPS) is 12.7. The lowest BCUT2D eigenvalue weighted by Gasteiger charge is -2.12. The number of carbonyl (C=O) groups is 1. The first-order valence-electron chi connectivity index (χ1n) is 6.84. The molecule has 0 heterocycles. The first-order valence-corrected chi connectivity index (χ1v) is 7.64. The summed E-state index contributed by atoms with van der Waals surface area (Å²) in [4.78, 5) is 16.3. The molecule has 1 rings (SSSR count). The third-order valence-corrected chi connectivity index (χ3v) is 3.66. The molecule has 0 spiro atoms. The van der Waals surface area contributed by atoms with E-state index in [1.54, 1.807) is 19.1 Å². The van der Waals surface area contributed by atoms with Crippen LogP contribution in [0.2, 0.25) is 0 Å². The van der Waals surface area contributed by atoms with Crippen LogP contribution in [-0.2, 0) is 11.2 Å². The molecule has 0 radical (unpaired) electrons. The van der Waals surface area contributed by atoms with E-state index < -0.39 is 0 Å². The Labute approximate surface area is 138 Å². The number of allylic oxidation sites excluding steroid dienone is 1. The maximum Gasteiger partial charge on any atom is 0.228 e. The van der Waals surface area contributed by atoms with Gasteiger partial charge in [-0.3, -0.25) is 9.79 Å². The van der Waals surface area contributed by atoms with E-state index in [0.717, 1.165) is 0 Å². The van der Waals surface area contributed by atoms with Gasteiger partial charge in [0.2, 0.25) is 5.91 Å². The molecule has 4 nitrogen and oxygen atoms in total. The Balaban J connectivity index is 2.78. The fraction of sp³-hybridized carbons (Fsp3) is 0.375. The van der Waals surface area contributed by atoms with Crippen molar-refractivity contribution in [2.24, 2.45) is 10.7 Å². The van der Waals surface area contributed by atoms with Crippen molar-refractivity contribution in [2.75, 3.05) is 0 Å². The lowest BCUT2D eigenvalue weighted by molar-refractivity contribution is -0.119. The predicted octanol–water partition coefficient (Wildman–Crippen LogP) is 3.22. The number of nitrogens with one attached hydrogen (secondary N) is 1. The average molecular weight is 370 g/mol. The minimum Gasteiger partial charge on any atom is -0.403 e. The zero-order valence-electron chi connectivity index (χ0n) is 13.2. The number of halogens is 2. The topological polar surface area (TPSA) is 67.5 Å². The SMILES string of the molecule is Cc1c(Br)ccc(CC(=O)NC(C=NC(C)(C)C)=CN)c1F. The van der Waals surface area contributed by atoms with Gasteiger partial charge in [0.25, 0.3) is 0 Å². The number of carbonyl (C=O) groups excluding carboxylic acids is 1. The van der Waals surface area contributed by atoms with Crippen LogP contribution in [-0.4, -0.2) is 17.7 Å². The molecule has 0 bridgehead atoms. The largest absolute Gasteiger partial charge is 0.403 e. The molecule has 0 saturated carbocycles. The number of nitrogens with zero attached hydrogens (tertiary/aromatic N) is 1. The summed E-state index contributed by atoms with van der Waals surface area (Å²) in [5.41, 5.74) is 6.40. The molecule has 0 aliphatic heterocycles. The Hall–Kier alpha value is -1.69. The first-order chi connectivity index (χ1) is 10.1. The molecule has 1 amide bonds. The van der Waals surface area contributed by atoms with Crippen LogP contribution in [0.3, 0.4) is 0 Å². The smallest absolute Gasteiger partial charge is 0.228 e. The van der Waals surface area contributed by atoms with Gasteiger partial charge in [0.05, 0.1) is 17.7 Å². The number of aliphatic imine (C=N–C) groups is 1. The summed E-state index contributed by atoms with van der Waals surface area (Å²) in [6.07, 6.45) is 2.69. The van der Waals surface area contributed by atoms with Crippen LogP contribution in [0.15, 0.2) is 33.5 Å². The predicted molar refractivity (Wildman–Crippen MR) is 91.2 cm³/mol. The third kappa shape index (κ3) is 5.60. The third-order valence-electron chi connectivity index (χ3n) is 2.81. The summed E-state index contributed by atoms with van der Waals surface area (Å²) in [7, 11) is 0. The van der Waals surface area contributed by atoms with Crippen LogP contribution in [0.25, 0.3) is 0 Å². The zero-order chi connectivity index (χ0) is 16.9. The molecule has 1 aromatic carbocycles. The molecular weight excluding hydrogens is 349 g/mol. The summed E-state index contributed by atoms with van der Waals surface area (Å²) in [5, 5.41) is 2.62. The molecule has 0 saturated heterocycles. The second kappa shape index (κ2) is 7.54. The van der Waals surface area contributed by atoms with Gasteiger partial charge in [0.1, 0.15) is 5.82 Å². The second-order valence-corrected chi connectivity index (χ2v) is 6.78. The summed E-state index contributed by atoms with van der Waals surface area (Å²) < 4.78 is 14.7. The van der Waals surface area contributed by atoms with Gasteiger partial charge in [-0.15, -0.1) is 0 Å². The molecular formula is C16H21BrFN3O. The van der Waals surface area contributed by atoms with E-state index in [1.165, 1.54) is 12.4 Å². The van der Waals surface area contributed by atoms with Crippen molar-refractivity contribution in [2.45, 2.75) is 39.7 Å². The van der Waals surface area contributed by atoms with Gasteiger partial charge < -0.3 is 11.1 Å². The molecule has 0 aromatic heterocycles. The summed E-state index contributed by atoms with van der Waals surface area (Å²) in [5.74, 6) is -0.733. The number of amides is 1. The van der Waals surface area contributed by atoms with Gasteiger partial charge >= 0.3 is 0 Å². The maximum absolute atomic E-state index is 14.1. The number of hydrogen-bond acceptors (Lipinski definition) is 3. The van der Waals surface area contributed by atoms with Crippen molar-refractivity contribution in [3.63, 3.8) is 0 Å². The quantitative estimate of drug-likeness (QED) is 0.800. The van der Waals surface area contributed by atoms with Gasteiger partial charge in [-0.05, 0) is 44.9 Å². The Bertz CT molecular complexity index is 619. The summed E-state index contributed by atoms with van der Waals surface area (Å²) in [6, 6.07) is 3.31. The lowest BCUT2D eigenvalue weighted by atomic mass is 10.1. The van der Waals surface area contributed by atoms with Crippen molar-refractivity contribution in [1.82, 2.24) is 5.32 Å². The van der Waals surface area contributed by atoms with E-state index in [1.807, 2.05) is 20.8 Å². The fourth-order valence-corrected chi connectivity index (χ4v) is 1.92. The van der Waals surface area contributed by atoms with E-state index in [4.69, 9.17) is 5.73 Å². The molecule has 6 heteroatoms. The Morgan fingerprint density at radius 3 is 2.64 bits per heavy atom. The molecule has 0 aliphatic rings. The van der Waals surface area contributed by atoms with E-state index in [9.17, 15) is 9.18 Å². The molecule has 0 aliphatic carbocycles. The minimum absolute atomic E-state index is 0.0688. The molecule has 3 N–H and O–H groups in total. The Morgan fingerprint density at radius 1 is 1.45 bits per heavy atom. The molecule has 0 unspecified atom stereocenters. The molecule has 0 atom stereocenters. The van der Waals surface area contributed by atoms with Crippen LogP contribution in [0.5, 0.6) is 0 Å². The van der Waals surface area contributed by atoms with Crippen LogP contribution >= 0.6 is 15.9 Å². The monoisotopic (exact) mass is 369 g/mol. The van der Waals surface area contributed by atoms with Gasteiger partial charge in [-0.25, -0.2) is 4.39 Å². The summed E-state index contributed by atoms with van der Waals surface area (Å²) >= 11 is 3.25. The van der Waals surface area contributed by atoms with E-state index in [-0.39, 0.29) is 23.7 Å². The highest BCUT2D eigenvalue weighted by atomic mass is 79.9. The standard InChI is InChI=1S/C16H21BrFN3O/c1-10-13(17)6-5-11(15(10)18)7-14(22)21-12(8-19)9-20-16(2,3)4/h5-6,8-9H,7,19H2,1-4H3,(H,21,22). The number of hydrogen-bond donors (Lipinski definition) is 2. The van der Waals surface area contributed by atoms with Crippen LogP contribution in [0.4, 0.5) is 4.39 Å². The van der Waals surface area contributed by atoms with Crippen molar-refractivity contribution in [1.29, 1.82) is 0 Å². The van der Waals surface area contributed by atoms with Gasteiger partial charge in [0, 0.05) is 16.9 Å². The minimum atomic E-state index is -0.383. The van der Waals surface area contributed by atoms with Gasteiger partial charge in [-0.2, -0.15) is 0 Å². The van der Waals surface area contributed by atoms with E-state index >= 15 is 0 Å². The molecule has 22 heavy (non-hydrogen) atoms. The van der Waals surface area contributed by atoms with Crippen molar-refractivity contribution in [3.05, 3.63) is 45.4 Å². The van der Waals surface area contributed by atoms with Gasteiger partial charge in [-0.1, -0.05) is 22.0 Å². The highest BCUT2D eigenvalue weighted by molar-refractivity contribution is 9.10. The van der Waals surface area contributed by atoms with Gasteiger partial charge in [0.15, 0.2) is 0 Å². The van der Waals surface area contributed by atoms with Crippen LogP contribution in [0.1, 0.15) is 31.9 Å². The molecule has 120 valence electrons. The summed E-state index contributed by atoms with van der Waals surface area (Å²) in [6.45, 7) is 7.44. The fourth-order valence-electron chi connectivity index (χ4n) is 1.61. The Morgan fingerprint density at radius 2 is 2.09 bits per heavy atom.